The fourth-order valence-electron chi connectivity index (χ4n) is 3.26. The highest BCUT2D eigenvalue weighted by molar-refractivity contribution is 5.81. The summed E-state index contributed by atoms with van der Waals surface area (Å²) in [6.07, 6.45) is 5.02. The molecular formula is C24H27FN6O2. The molecule has 0 saturated heterocycles. The summed E-state index contributed by atoms with van der Waals surface area (Å²) in [7, 11) is 0. The van der Waals surface area contributed by atoms with Gasteiger partial charge < -0.3 is 15.2 Å². The van der Waals surface area contributed by atoms with Crippen LogP contribution < -0.4 is 10.1 Å². The van der Waals surface area contributed by atoms with Crippen LogP contribution >= 0.6 is 0 Å². The van der Waals surface area contributed by atoms with Gasteiger partial charge in [-0.25, -0.2) is 24.3 Å². The van der Waals surface area contributed by atoms with Gasteiger partial charge in [0.15, 0.2) is 0 Å². The van der Waals surface area contributed by atoms with E-state index < -0.39 is 0 Å². The van der Waals surface area contributed by atoms with Crippen molar-refractivity contribution < 1.29 is 14.2 Å². The summed E-state index contributed by atoms with van der Waals surface area (Å²) in [6, 6.07) is 7.96. The van der Waals surface area contributed by atoms with E-state index in [0.29, 0.717) is 41.1 Å². The van der Waals surface area contributed by atoms with Gasteiger partial charge in [0.25, 0.3) is 5.88 Å². The van der Waals surface area contributed by atoms with Gasteiger partial charge in [-0.05, 0) is 44.2 Å². The Morgan fingerprint density at radius 1 is 1.09 bits per heavy atom. The van der Waals surface area contributed by atoms with Crippen LogP contribution in [0.25, 0.3) is 28.3 Å². The molecule has 0 spiro atoms. The summed E-state index contributed by atoms with van der Waals surface area (Å²) in [5.41, 5.74) is 2.91. The SMILES string of the molecule is CC(C)Oc1nccn2c(-c3ccnc(NCC(C)(C)CO)n3)c(-c3ccc(F)cc3)nc12. The van der Waals surface area contributed by atoms with E-state index in [-0.39, 0.29) is 23.9 Å². The van der Waals surface area contributed by atoms with Crippen LogP contribution in [0.1, 0.15) is 27.7 Å². The van der Waals surface area contributed by atoms with Gasteiger partial charge in [-0.3, -0.25) is 4.40 Å². The van der Waals surface area contributed by atoms with Gasteiger partial charge in [-0.2, -0.15) is 0 Å². The molecule has 0 fully saturated rings. The number of ether oxygens (including phenoxy) is 1. The Hall–Kier alpha value is -3.59. The molecule has 4 aromatic rings. The average molecular weight is 451 g/mol. The van der Waals surface area contributed by atoms with E-state index in [1.165, 1.54) is 12.1 Å². The number of imidazole rings is 1. The van der Waals surface area contributed by atoms with Crippen LogP contribution in [0.15, 0.2) is 48.9 Å². The smallest absolute Gasteiger partial charge is 0.258 e. The van der Waals surface area contributed by atoms with E-state index in [1.54, 1.807) is 36.8 Å². The minimum atomic E-state index is -0.324. The van der Waals surface area contributed by atoms with Crippen LogP contribution in [-0.2, 0) is 0 Å². The van der Waals surface area contributed by atoms with Crippen LogP contribution in [0, 0.1) is 11.2 Å². The molecule has 0 aliphatic carbocycles. The highest BCUT2D eigenvalue weighted by Crippen LogP contribution is 2.34. The lowest BCUT2D eigenvalue weighted by Crippen LogP contribution is -2.27. The maximum atomic E-state index is 13.6. The number of nitrogens with zero attached hydrogens (tertiary/aromatic N) is 5. The lowest BCUT2D eigenvalue weighted by molar-refractivity contribution is 0.170. The standard InChI is InChI=1S/C24H27FN6O2/c1-15(2)33-22-21-30-19(16-5-7-17(25)8-6-16)20(31(21)12-11-26-22)18-9-10-27-23(29-18)28-13-24(3,4)14-32/h5-12,15,32H,13-14H2,1-4H3,(H,27,28,29). The molecule has 2 N–H and O–H groups in total. The predicted octanol–water partition coefficient (Wildman–Crippen LogP) is 4.21. The molecule has 4 rings (SSSR count). The maximum Gasteiger partial charge on any atom is 0.258 e. The summed E-state index contributed by atoms with van der Waals surface area (Å²) in [5.74, 6) is 0.510. The number of aliphatic hydroxyl groups excluding tert-OH is 1. The first-order valence-corrected chi connectivity index (χ1v) is 10.8. The number of hydrogen-bond acceptors (Lipinski definition) is 7. The molecule has 0 bridgehead atoms. The first kappa shape index (κ1) is 22.6. The summed E-state index contributed by atoms with van der Waals surface area (Å²) < 4.78 is 21.3. The molecule has 3 heterocycles. The van der Waals surface area contributed by atoms with Gasteiger partial charge in [0.05, 0.1) is 23.2 Å². The molecular weight excluding hydrogens is 423 g/mol. The fraction of sp³-hybridized carbons (Fsp3) is 0.333. The predicted molar refractivity (Wildman–Crippen MR) is 125 cm³/mol. The molecule has 8 nitrogen and oxygen atoms in total. The third kappa shape index (κ3) is 4.93. The molecule has 0 aliphatic heterocycles. The molecule has 9 heteroatoms. The van der Waals surface area contributed by atoms with Crippen LogP contribution in [0.4, 0.5) is 10.3 Å². The van der Waals surface area contributed by atoms with Crippen LogP contribution in [-0.4, -0.2) is 48.7 Å². The zero-order chi connectivity index (χ0) is 23.6. The second-order valence-electron chi connectivity index (χ2n) is 8.85. The van der Waals surface area contributed by atoms with Crippen LogP contribution in [0.2, 0.25) is 0 Å². The first-order valence-electron chi connectivity index (χ1n) is 10.8. The Morgan fingerprint density at radius 2 is 1.85 bits per heavy atom. The quantitative estimate of drug-likeness (QED) is 0.415. The number of halogens is 1. The molecule has 0 amide bonds. The zero-order valence-corrected chi connectivity index (χ0v) is 19.1. The number of anilines is 1. The highest BCUT2D eigenvalue weighted by Gasteiger charge is 2.22. The average Bonchev–Trinajstić information content (AvgIpc) is 3.19. The van der Waals surface area contributed by atoms with Gasteiger partial charge in [0, 0.05) is 42.7 Å². The van der Waals surface area contributed by atoms with E-state index in [0.717, 1.165) is 5.56 Å². The highest BCUT2D eigenvalue weighted by atomic mass is 19.1. The molecule has 33 heavy (non-hydrogen) atoms. The van der Waals surface area contributed by atoms with Gasteiger partial charge in [-0.15, -0.1) is 0 Å². The van der Waals surface area contributed by atoms with Crippen molar-refractivity contribution in [3.63, 3.8) is 0 Å². The van der Waals surface area contributed by atoms with Crippen molar-refractivity contribution in [1.82, 2.24) is 24.3 Å². The number of nitrogens with one attached hydrogen (secondary N) is 1. The molecule has 0 radical (unpaired) electrons. The maximum absolute atomic E-state index is 13.6. The second kappa shape index (κ2) is 9.11. The second-order valence-corrected chi connectivity index (χ2v) is 8.85. The number of aromatic nitrogens is 5. The topological polar surface area (TPSA) is 97.5 Å². The minimum Gasteiger partial charge on any atom is -0.472 e. The van der Waals surface area contributed by atoms with Gasteiger partial charge in [0.2, 0.25) is 11.6 Å². The minimum absolute atomic E-state index is 0.0350. The van der Waals surface area contributed by atoms with Crippen LogP contribution in [0.5, 0.6) is 5.88 Å². The molecule has 172 valence electrons. The number of rotatable bonds is 8. The summed E-state index contributed by atoms with van der Waals surface area (Å²) in [6.45, 7) is 8.28. The van der Waals surface area contributed by atoms with Crippen molar-refractivity contribution in [3.05, 3.63) is 54.7 Å². The van der Waals surface area contributed by atoms with E-state index in [1.807, 2.05) is 32.1 Å². The van der Waals surface area contributed by atoms with E-state index >= 15 is 0 Å². The summed E-state index contributed by atoms with van der Waals surface area (Å²) >= 11 is 0. The summed E-state index contributed by atoms with van der Waals surface area (Å²) in [4.78, 5) is 18.2. The van der Waals surface area contributed by atoms with Crippen molar-refractivity contribution in [2.24, 2.45) is 5.41 Å². The Labute approximate surface area is 191 Å². The number of hydrogen-bond donors (Lipinski definition) is 2. The van der Waals surface area contributed by atoms with Crippen molar-refractivity contribution >= 4 is 11.6 Å². The molecule has 0 saturated carbocycles. The van der Waals surface area contributed by atoms with Crippen molar-refractivity contribution in [3.8, 4) is 28.5 Å². The zero-order valence-electron chi connectivity index (χ0n) is 19.1. The molecule has 3 aromatic heterocycles. The van der Waals surface area contributed by atoms with Gasteiger partial charge in [-0.1, -0.05) is 13.8 Å². The third-order valence-corrected chi connectivity index (χ3v) is 5.03. The van der Waals surface area contributed by atoms with Gasteiger partial charge >= 0.3 is 0 Å². The Balaban J connectivity index is 1.86. The van der Waals surface area contributed by atoms with Crippen molar-refractivity contribution in [2.75, 3.05) is 18.5 Å². The molecule has 0 unspecified atom stereocenters. The number of fused-ring (bicyclic) bond motifs is 1. The Bertz CT molecular complexity index is 1250. The third-order valence-electron chi connectivity index (χ3n) is 5.03. The normalized spacial score (nSPS) is 11.8. The molecule has 1 aromatic carbocycles. The monoisotopic (exact) mass is 450 g/mol. The van der Waals surface area contributed by atoms with Crippen LogP contribution in [0.3, 0.4) is 0 Å². The first-order chi connectivity index (χ1) is 15.8. The molecule has 0 aliphatic rings. The molecule has 0 atom stereocenters. The van der Waals surface area contributed by atoms with Crippen molar-refractivity contribution in [1.29, 1.82) is 0 Å². The largest absolute Gasteiger partial charge is 0.472 e. The summed E-state index contributed by atoms with van der Waals surface area (Å²) in [5, 5.41) is 12.7. The number of benzene rings is 1. The lowest BCUT2D eigenvalue weighted by Gasteiger charge is -2.21. The van der Waals surface area contributed by atoms with E-state index in [2.05, 4.69) is 15.3 Å². The lowest BCUT2D eigenvalue weighted by atomic mass is 9.95. The van der Waals surface area contributed by atoms with E-state index in [4.69, 9.17) is 14.7 Å². The number of aliphatic hydroxyl groups is 1. The van der Waals surface area contributed by atoms with Crippen molar-refractivity contribution in [2.45, 2.75) is 33.8 Å². The van der Waals surface area contributed by atoms with Gasteiger partial charge in [0.1, 0.15) is 5.82 Å². The fourth-order valence-corrected chi connectivity index (χ4v) is 3.26. The Kier molecular flexibility index (Phi) is 6.24. The Morgan fingerprint density at radius 3 is 2.55 bits per heavy atom. The van der Waals surface area contributed by atoms with E-state index in [9.17, 15) is 9.50 Å².